The SMILES string of the molecule is COCCn1ccc(CN2CCc3ccccc3C2)c1C. The number of rotatable bonds is 5. The summed E-state index contributed by atoms with van der Waals surface area (Å²) >= 11 is 0. The Morgan fingerprint density at radius 2 is 1.95 bits per heavy atom. The van der Waals surface area contributed by atoms with Gasteiger partial charge in [-0.2, -0.15) is 0 Å². The summed E-state index contributed by atoms with van der Waals surface area (Å²) in [6.07, 6.45) is 3.35. The third-order valence-electron chi connectivity index (χ3n) is 4.49. The van der Waals surface area contributed by atoms with Crippen molar-refractivity contribution in [3.8, 4) is 0 Å². The van der Waals surface area contributed by atoms with E-state index in [0.29, 0.717) is 0 Å². The molecule has 112 valence electrons. The standard InChI is InChI=1S/C18H24N2O/c1-15-17(8-10-20(15)11-12-21-2)13-19-9-7-16-5-3-4-6-18(16)14-19/h3-6,8,10H,7,9,11-14H2,1-2H3. The van der Waals surface area contributed by atoms with Gasteiger partial charge in [0.2, 0.25) is 0 Å². The van der Waals surface area contributed by atoms with E-state index in [1.54, 1.807) is 7.11 Å². The van der Waals surface area contributed by atoms with Crippen LogP contribution in [0.3, 0.4) is 0 Å². The van der Waals surface area contributed by atoms with E-state index in [-0.39, 0.29) is 0 Å². The molecule has 0 bridgehead atoms. The van der Waals surface area contributed by atoms with E-state index in [2.05, 4.69) is 52.9 Å². The number of aromatic nitrogens is 1. The third-order valence-corrected chi connectivity index (χ3v) is 4.49. The van der Waals surface area contributed by atoms with E-state index >= 15 is 0 Å². The lowest BCUT2D eigenvalue weighted by Gasteiger charge is -2.28. The van der Waals surface area contributed by atoms with Crippen LogP contribution < -0.4 is 0 Å². The van der Waals surface area contributed by atoms with E-state index in [1.165, 1.54) is 28.8 Å². The monoisotopic (exact) mass is 284 g/mol. The molecule has 3 heteroatoms. The molecule has 0 amide bonds. The van der Waals surface area contributed by atoms with Crippen LogP contribution in [0.15, 0.2) is 36.5 Å². The van der Waals surface area contributed by atoms with Crippen molar-refractivity contribution in [3.63, 3.8) is 0 Å². The highest BCUT2D eigenvalue weighted by molar-refractivity contribution is 5.29. The molecule has 0 atom stereocenters. The molecule has 1 aromatic carbocycles. The minimum atomic E-state index is 0.770. The van der Waals surface area contributed by atoms with Crippen LogP contribution in [0.4, 0.5) is 0 Å². The maximum Gasteiger partial charge on any atom is 0.0641 e. The average Bonchev–Trinajstić information content (AvgIpc) is 2.86. The molecule has 1 aromatic heterocycles. The van der Waals surface area contributed by atoms with Crippen molar-refractivity contribution < 1.29 is 4.74 Å². The fraction of sp³-hybridized carbons (Fsp3) is 0.444. The van der Waals surface area contributed by atoms with Crippen molar-refractivity contribution in [2.24, 2.45) is 0 Å². The highest BCUT2D eigenvalue weighted by atomic mass is 16.5. The normalized spacial score (nSPS) is 15.1. The highest BCUT2D eigenvalue weighted by Crippen LogP contribution is 2.21. The van der Waals surface area contributed by atoms with Gasteiger partial charge in [-0.15, -0.1) is 0 Å². The van der Waals surface area contributed by atoms with Gasteiger partial charge in [0, 0.05) is 45.2 Å². The first-order valence-electron chi connectivity index (χ1n) is 7.70. The summed E-state index contributed by atoms with van der Waals surface area (Å²) in [4.78, 5) is 2.55. The Morgan fingerprint density at radius 3 is 2.76 bits per heavy atom. The van der Waals surface area contributed by atoms with Gasteiger partial charge in [0.05, 0.1) is 6.61 Å². The van der Waals surface area contributed by atoms with Crippen molar-refractivity contribution in [2.45, 2.75) is 33.0 Å². The minimum Gasteiger partial charge on any atom is -0.383 e. The summed E-state index contributed by atoms with van der Waals surface area (Å²) in [5.41, 5.74) is 5.81. The first kappa shape index (κ1) is 14.4. The molecule has 2 heterocycles. The second-order valence-corrected chi connectivity index (χ2v) is 5.84. The zero-order valence-corrected chi connectivity index (χ0v) is 13.0. The predicted octanol–water partition coefficient (Wildman–Crippen LogP) is 3.00. The zero-order valence-electron chi connectivity index (χ0n) is 13.0. The van der Waals surface area contributed by atoms with E-state index < -0.39 is 0 Å². The third kappa shape index (κ3) is 3.20. The molecule has 0 N–H and O–H groups in total. The zero-order chi connectivity index (χ0) is 14.7. The van der Waals surface area contributed by atoms with Crippen molar-refractivity contribution >= 4 is 0 Å². The van der Waals surface area contributed by atoms with Gasteiger partial charge in [-0.3, -0.25) is 4.90 Å². The number of fused-ring (bicyclic) bond motifs is 1. The Kier molecular flexibility index (Phi) is 4.42. The van der Waals surface area contributed by atoms with Crippen molar-refractivity contribution in [1.29, 1.82) is 0 Å². The Hall–Kier alpha value is -1.58. The second-order valence-electron chi connectivity index (χ2n) is 5.84. The van der Waals surface area contributed by atoms with Crippen LogP contribution in [0.25, 0.3) is 0 Å². The van der Waals surface area contributed by atoms with Crippen LogP contribution >= 0.6 is 0 Å². The van der Waals surface area contributed by atoms with Gasteiger partial charge < -0.3 is 9.30 Å². The van der Waals surface area contributed by atoms with Crippen LogP contribution in [-0.4, -0.2) is 29.7 Å². The second kappa shape index (κ2) is 6.46. The van der Waals surface area contributed by atoms with Crippen LogP contribution in [0, 0.1) is 6.92 Å². The van der Waals surface area contributed by atoms with Crippen LogP contribution in [-0.2, 0) is 30.8 Å². The lowest BCUT2D eigenvalue weighted by atomic mass is 9.99. The van der Waals surface area contributed by atoms with Gasteiger partial charge in [-0.1, -0.05) is 24.3 Å². The fourth-order valence-corrected chi connectivity index (χ4v) is 3.13. The number of hydrogen-bond acceptors (Lipinski definition) is 2. The number of methoxy groups -OCH3 is 1. The predicted molar refractivity (Wildman–Crippen MR) is 85.3 cm³/mol. The Morgan fingerprint density at radius 1 is 1.14 bits per heavy atom. The van der Waals surface area contributed by atoms with Crippen molar-refractivity contribution in [1.82, 2.24) is 9.47 Å². The first-order chi connectivity index (χ1) is 10.3. The molecule has 1 aliphatic rings. The molecule has 0 aliphatic carbocycles. The molecule has 0 saturated carbocycles. The molecule has 0 fully saturated rings. The number of ether oxygens (including phenoxy) is 1. The summed E-state index contributed by atoms with van der Waals surface area (Å²) in [7, 11) is 1.75. The molecular weight excluding hydrogens is 260 g/mol. The smallest absolute Gasteiger partial charge is 0.0641 e. The summed E-state index contributed by atoms with van der Waals surface area (Å²) in [5.74, 6) is 0. The number of nitrogens with zero attached hydrogens (tertiary/aromatic N) is 2. The summed E-state index contributed by atoms with van der Waals surface area (Å²) in [6.45, 7) is 7.18. The molecule has 2 aromatic rings. The van der Waals surface area contributed by atoms with Crippen LogP contribution in [0.5, 0.6) is 0 Å². The molecule has 21 heavy (non-hydrogen) atoms. The fourth-order valence-electron chi connectivity index (χ4n) is 3.13. The highest BCUT2D eigenvalue weighted by Gasteiger charge is 2.17. The topological polar surface area (TPSA) is 17.4 Å². The molecule has 0 spiro atoms. The van der Waals surface area contributed by atoms with Crippen molar-refractivity contribution in [3.05, 3.63) is 58.9 Å². The van der Waals surface area contributed by atoms with Crippen molar-refractivity contribution in [2.75, 3.05) is 20.3 Å². The van der Waals surface area contributed by atoms with E-state index in [4.69, 9.17) is 4.74 Å². The van der Waals surface area contributed by atoms with Gasteiger partial charge >= 0.3 is 0 Å². The quantitative estimate of drug-likeness (QED) is 0.840. The molecule has 0 saturated heterocycles. The maximum atomic E-state index is 5.17. The summed E-state index contributed by atoms with van der Waals surface area (Å²) < 4.78 is 7.46. The Balaban J connectivity index is 1.67. The molecule has 0 radical (unpaired) electrons. The molecular formula is C18H24N2O. The Bertz CT molecular complexity index is 603. The minimum absolute atomic E-state index is 0.770. The lowest BCUT2D eigenvalue weighted by Crippen LogP contribution is -2.30. The number of benzene rings is 1. The summed E-state index contributed by atoms with van der Waals surface area (Å²) in [5, 5.41) is 0. The maximum absolute atomic E-state index is 5.17. The van der Waals surface area contributed by atoms with Crippen LogP contribution in [0.2, 0.25) is 0 Å². The molecule has 3 rings (SSSR count). The van der Waals surface area contributed by atoms with E-state index in [1.807, 2.05) is 0 Å². The molecule has 3 nitrogen and oxygen atoms in total. The van der Waals surface area contributed by atoms with Gasteiger partial charge in [0.1, 0.15) is 0 Å². The van der Waals surface area contributed by atoms with Gasteiger partial charge in [-0.25, -0.2) is 0 Å². The average molecular weight is 284 g/mol. The van der Waals surface area contributed by atoms with E-state index in [9.17, 15) is 0 Å². The van der Waals surface area contributed by atoms with Gasteiger partial charge in [0.25, 0.3) is 0 Å². The largest absolute Gasteiger partial charge is 0.383 e. The molecule has 0 unspecified atom stereocenters. The van der Waals surface area contributed by atoms with E-state index in [0.717, 1.165) is 32.8 Å². The van der Waals surface area contributed by atoms with Gasteiger partial charge in [0.15, 0.2) is 0 Å². The van der Waals surface area contributed by atoms with Crippen LogP contribution in [0.1, 0.15) is 22.4 Å². The lowest BCUT2D eigenvalue weighted by molar-refractivity contribution is 0.186. The first-order valence-corrected chi connectivity index (χ1v) is 7.70. The summed E-state index contributed by atoms with van der Waals surface area (Å²) in [6, 6.07) is 11.1. The Labute approximate surface area is 127 Å². The van der Waals surface area contributed by atoms with Gasteiger partial charge in [-0.05, 0) is 36.1 Å². The molecule has 1 aliphatic heterocycles. The number of hydrogen-bond donors (Lipinski definition) is 0.